The second-order valence-corrected chi connectivity index (χ2v) is 8.59. The number of hydrogen-bond donors (Lipinski definition) is 3. The number of nitrogens with two attached hydrogens (primary N) is 2. The van der Waals surface area contributed by atoms with E-state index in [1.165, 1.54) is 11.2 Å². The number of rotatable bonds is 9. The van der Waals surface area contributed by atoms with E-state index in [-0.39, 0.29) is 18.7 Å². The number of aromatic nitrogens is 1. The third kappa shape index (κ3) is 5.64. The predicted molar refractivity (Wildman–Crippen MR) is 135 cm³/mol. The van der Waals surface area contributed by atoms with Crippen LogP contribution in [0.2, 0.25) is 5.02 Å². The number of halogens is 1. The summed E-state index contributed by atoms with van der Waals surface area (Å²) in [6.45, 7) is 1.93. The maximum Gasteiger partial charge on any atom is 0.410 e. The number of carbonyl (C=O) groups excluding carboxylic acids is 1. The molecule has 1 aromatic heterocycles. The molecule has 0 radical (unpaired) electrons. The lowest BCUT2D eigenvalue weighted by atomic mass is 9.92. The Morgan fingerprint density at radius 1 is 1.23 bits per heavy atom. The summed E-state index contributed by atoms with van der Waals surface area (Å²) in [6.07, 6.45) is 3.25. The molecule has 1 amide bonds. The molecule has 2 heterocycles. The van der Waals surface area contributed by atoms with Crippen LogP contribution in [0, 0.1) is 0 Å². The van der Waals surface area contributed by atoms with Crippen LogP contribution in [0.1, 0.15) is 22.9 Å². The number of methoxy groups -OCH3 is 1. The van der Waals surface area contributed by atoms with Crippen LogP contribution in [0.25, 0.3) is 10.9 Å². The van der Waals surface area contributed by atoms with E-state index in [1.54, 1.807) is 18.2 Å². The standard InChI is InChI=1S/C25H30ClN5O4/c1-33-14-15-35-25(32)31-10-8-20-21-16-18(26)4-7-22(21)29-23(20)24(31)17-2-5-19(6-3-17)34-13-12-30(28)11-9-27/h2-7,9,11,16,24,29H,8,10,12-15,27-28H2,1H3/b11-9-. The summed E-state index contributed by atoms with van der Waals surface area (Å²) in [5.74, 6) is 6.46. The topological polar surface area (TPSA) is 119 Å². The van der Waals surface area contributed by atoms with Gasteiger partial charge in [0.1, 0.15) is 25.0 Å². The van der Waals surface area contributed by atoms with Gasteiger partial charge in [0.05, 0.1) is 13.2 Å². The number of amides is 1. The first-order valence-corrected chi connectivity index (χ1v) is 11.7. The maximum absolute atomic E-state index is 13.0. The molecule has 4 rings (SSSR count). The van der Waals surface area contributed by atoms with Crippen molar-refractivity contribution >= 4 is 28.6 Å². The highest BCUT2D eigenvalue weighted by atomic mass is 35.5. The molecular weight excluding hydrogens is 470 g/mol. The molecule has 3 aromatic rings. The van der Waals surface area contributed by atoms with Crippen molar-refractivity contribution in [1.82, 2.24) is 14.9 Å². The number of ether oxygens (including phenoxy) is 3. The smallest absolute Gasteiger partial charge is 0.410 e. The third-order valence-electron chi connectivity index (χ3n) is 5.93. The first kappa shape index (κ1) is 24.7. The second-order valence-electron chi connectivity index (χ2n) is 8.16. The highest BCUT2D eigenvalue weighted by Gasteiger charge is 2.35. The van der Waals surface area contributed by atoms with Crippen LogP contribution in [0.5, 0.6) is 5.75 Å². The van der Waals surface area contributed by atoms with Crippen molar-refractivity contribution in [2.45, 2.75) is 12.5 Å². The van der Waals surface area contributed by atoms with Crippen LogP contribution in [-0.4, -0.2) is 61.0 Å². The van der Waals surface area contributed by atoms with Gasteiger partial charge in [0, 0.05) is 47.7 Å². The van der Waals surface area contributed by atoms with Crippen molar-refractivity contribution < 1.29 is 19.0 Å². The van der Waals surface area contributed by atoms with Gasteiger partial charge in [-0.15, -0.1) is 0 Å². The molecule has 9 nitrogen and oxygen atoms in total. The highest BCUT2D eigenvalue weighted by molar-refractivity contribution is 6.31. The van der Waals surface area contributed by atoms with Gasteiger partial charge in [-0.3, -0.25) is 4.90 Å². The molecule has 0 bridgehead atoms. The lowest BCUT2D eigenvalue weighted by Crippen LogP contribution is -2.41. The Hall–Kier alpha value is -3.40. The molecule has 186 valence electrons. The normalized spacial score (nSPS) is 15.4. The molecule has 0 saturated heterocycles. The van der Waals surface area contributed by atoms with E-state index in [2.05, 4.69) is 4.98 Å². The van der Waals surface area contributed by atoms with E-state index in [9.17, 15) is 4.79 Å². The molecule has 1 aliphatic rings. The summed E-state index contributed by atoms with van der Waals surface area (Å²) in [4.78, 5) is 18.3. The summed E-state index contributed by atoms with van der Waals surface area (Å²) in [5.41, 5.74) is 9.37. The molecule has 35 heavy (non-hydrogen) atoms. The molecule has 10 heteroatoms. The molecule has 0 spiro atoms. The molecular formula is C25H30ClN5O4. The molecule has 1 atom stereocenters. The number of nitrogens with zero attached hydrogens (tertiary/aromatic N) is 2. The fourth-order valence-electron chi connectivity index (χ4n) is 4.30. The van der Waals surface area contributed by atoms with Crippen molar-refractivity contribution in [2.75, 3.05) is 40.0 Å². The summed E-state index contributed by atoms with van der Waals surface area (Å²) in [5, 5.41) is 3.20. The van der Waals surface area contributed by atoms with Gasteiger partial charge in [-0.05, 0) is 47.9 Å². The minimum absolute atomic E-state index is 0.192. The van der Waals surface area contributed by atoms with Gasteiger partial charge in [-0.2, -0.15) is 0 Å². The Kier molecular flexibility index (Phi) is 8.02. The number of nitrogens with one attached hydrogen (secondary N) is 1. The van der Waals surface area contributed by atoms with Crippen molar-refractivity contribution in [3.8, 4) is 5.75 Å². The van der Waals surface area contributed by atoms with E-state index in [1.807, 2.05) is 42.5 Å². The van der Waals surface area contributed by atoms with E-state index in [4.69, 9.17) is 37.4 Å². The summed E-state index contributed by atoms with van der Waals surface area (Å²) >= 11 is 6.27. The van der Waals surface area contributed by atoms with Crippen LogP contribution in [0.4, 0.5) is 4.79 Å². The molecule has 0 aliphatic carbocycles. The van der Waals surface area contributed by atoms with Crippen molar-refractivity contribution in [3.63, 3.8) is 0 Å². The number of benzene rings is 2. The SMILES string of the molecule is COCCOC(=O)N1CCc2c([nH]c3ccc(Cl)cc23)C1c1ccc(OCCN(N)/C=C\N)cc1. The average Bonchev–Trinajstić information content (AvgIpc) is 3.22. The van der Waals surface area contributed by atoms with Crippen LogP contribution < -0.4 is 16.3 Å². The summed E-state index contributed by atoms with van der Waals surface area (Å²) < 4.78 is 16.3. The second kappa shape index (κ2) is 11.4. The third-order valence-corrected chi connectivity index (χ3v) is 6.16. The summed E-state index contributed by atoms with van der Waals surface area (Å²) in [7, 11) is 1.57. The Morgan fingerprint density at radius 3 is 2.77 bits per heavy atom. The van der Waals surface area contributed by atoms with Gasteiger partial charge in [-0.25, -0.2) is 10.6 Å². The van der Waals surface area contributed by atoms with E-state index < -0.39 is 0 Å². The van der Waals surface area contributed by atoms with Gasteiger partial charge in [0.25, 0.3) is 0 Å². The number of fused-ring (bicyclic) bond motifs is 3. The Balaban J connectivity index is 1.61. The summed E-state index contributed by atoms with van der Waals surface area (Å²) in [6, 6.07) is 13.1. The zero-order valence-corrected chi connectivity index (χ0v) is 20.3. The average molecular weight is 500 g/mol. The number of hydrogen-bond acceptors (Lipinski definition) is 7. The van der Waals surface area contributed by atoms with Gasteiger partial charge in [0.2, 0.25) is 0 Å². The monoisotopic (exact) mass is 499 g/mol. The van der Waals surface area contributed by atoms with Gasteiger partial charge in [-0.1, -0.05) is 23.7 Å². The van der Waals surface area contributed by atoms with Crippen LogP contribution >= 0.6 is 11.6 Å². The highest BCUT2D eigenvalue weighted by Crippen LogP contribution is 2.39. The predicted octanol–water partition coefficient (Wildman–Crippen LogP) is 3.54. The van der Waals surface area contributed by atoms with Crippen LogP contribution in [0.3, 0.4) is 0 Å². The van der Waals surface area contributed by atoms with Crippen molar-refractivity contribution in [3.05, 3.63) is 76.7 Å². The van der Waals surface area contributed by atoms with Crippen LogP contribution in [-0.2, 0) is 15.9 Å². The lowest BCUT2D eigenvalue weighted by molar-refractivity contribution is 0.0629. The first-order valence-electron chi connectivity index (χ1n) is 11.4. The largest absolute Gasteiger partial charge is 0.492 e. The number of carbonyl (C=O) groups is 1. The maximum atomic E-state index is 13.0. The zero-order valence-electron chi connectivity index (χ0n) is 19.6. The Bertz CT molecular complexity index is 1180. The molecule has 1 aliphatic heterocycles. The minimum atomic E-state index is -0.384. The fourth-order valence-corrected chi connectivity index (χ4v) is 4.47. The molecule has 0 fully saturated rings. The van der Waals surface area contributed by atoms with E-state index in [0.717, 1.165) is 27.7 Å². The minimum Gasteiger partial charge on any atom is -0.492 e. The number of H-pyrrole nitrogens is 1. The van der Waals surface area contributed by atoms with Crippen LogP contribution in [0.15, 0.2) is 54.9 Å². The molecule has 2 aromatic carbocycles. The number of hydrazine groups is 1. The Morgan fingerprint density at radius 2 is 2.03 bits per heavy atom. The fraction of sp³-hybridized carbons (Fsp3) is 0.320. The molecule has 0 saturated carbocycles. The van der Waals surface area contributed by atoms with E-state index in [0.29, 0.717) is 43.5 Å². The van der Waals surface area contributed by atoms with Crippen molar-refractivity contribution in [2.24, 2.45) is 11.6 Å². The first-order chi connectivity index (χ1) is 17.0. The number of aromatic amines is 1. The molecule has 1 unspecified atom stereocenters. The van der Waals surface area contributed by atoms with Gasteiger partial charge in [0.15, 0.2) is 0 Å². The molecule has 5 N–H and O–H groups in total. The van der Waals surface area contributed by atoms with Crippen molar-refractivity contribution in [1.29, 1.82) is 0 Å². The lowest BCUT2D eigenvalue weighted by Gasteiger charge is -2.35. The zero-order chi connectivity index (χ0) is 24.8. The quantitative estimate of drug-likeness (QED) is 0.234. The van der Waals surface area contributed by atoms with Gasteiger partial charge < -0.3 is 29.9 Å². The van der Waals surface area contributed by atoms with Gasteiger partial charge >= 0.3 is 6.09 Å². The Labute approximate surface area is 209 Å². The van der Waals surface area contributed by atoms with E-state index >= 15 is 0 Å².